The highest BCUT2D eigenvalue weighted by molar-refractivity contribution is 7.89. The number of fused-ring (bicyclic) bond motifs is 1. The number of benzene rings is 2. The SMILES string of the molecule is Cc1cccc(N(C)C(=O)C2CCN(S(=O)(=O)c3cc4c(cc3C)NC(=O)[C@@H](C)O4)CC2)c1. The van der Waals surface area contributed by atoms with Gasteiger partial charge >= 0.3 is 0 Å². The maximum Gasteiger partial charge on any atom is 0.265 e. The van der Waals surface area contributed by atoms with E-state index in [-0.39, 0.29) is 35.7 Å². The summed E-state index contributed by atoms with van der Waals surface area (Å²) < 4.78 is 33.8. The summed E-state index contributed by atoms with van der Waals surface area (Å²) in [7, 11) is -2.01. The molecule has 1 saturated heterocycles. The Morgan fingerprint density at radius 1 is 1.15 bits per heavy atom. The van der Waals surface area contributed by atoms with Crippen LogP contribution in [0.3, 0.4) is 0 Å². The summed E-state index contributed by atoms with van der Waals surface area (Å²) in [5.74, 6) is -0.150. The van der Waals surface area contributed by atoms with E-state index in [1.54, 1.807) is 31.9 Å². The zero-order valence-corrected chi connectivity index (χ0v) is 20.1. The number of aryl methyl sites for hydroxylation is 2. The van der Waals surface area contributed by atoms with Crippen molar-refractivity contribution in [2.75, 3.05) is 30.4 Å². The first kappa shape index (κ1) is 23.3. The van der Waals surface area contributed by atoms with Gasteiger partial charge in [-0.3, -0.25) is 9.59 Å². The van der Waals surface area contributed by atoms with Gasteiger partial charge < -0.3 is 15.0 Å². The number of piperidine rings is 1. The monoisotopic (exact) mass is 471 g/mol. The Hall–Kier alpha value is -2.91. The van der Waals surface area contributed by atoms with Crippen LogP contribution in [0.25, 0.3) is 0 Å². The minimum Gasteiger partial charge on any atom is -0.479 e. The number of nitrogens with one attached hydrogen (secondary N) is 1. The molecule has 0 spiro atoms. The Morgan fingerprint density at radius 3 is 2.52 bits per heavy atom. The van der Waals surface area contributed by atoms with Gasteiger partial charge in [-0.25, -0.2) is 8.42 Å². The van der Waals surface area contributed by atoms with Crippen molar-refractivity contribution >= 4 is 33.2 Å². The molecular weight excluding hydrogens is 442 g/mol. The fourth-order valence-corrected chi connectivity index (χ4v) is 6.03. The van der Waals surface area contributed by atoms with Crippen molar-refractivity contribution in [1.29, 1.82) is 0 Å². The first-order valence-electron chi connectivity index (χ1n) is 11.0. The predicted octanol–water partition coefficient (Wildman–Crippen LogP) is 3.09. The van der Waals surface area contributed by atoms with E-state index in [1.165, 1.54) is 10.4 Å². The van der Waals surface area contributed by atoms with Gasteiger partial charge in [-0.15, -0.1) is 0 Å². The Morgan fingerprint density at radius 2 is 1.85 bits per heavy atom. The van der Waals surface area contributed by atoms with Gasteiger partial charge in [0.1, 0.15) is 5.75 Å². The molecular formula is C24H29N3O5S. The molecule has 9 heteroatoms. The number of anilines is 2. The van der Waals surface area contributed by atoms with E-state index in [9.17, 15) is 18.0 Å². The van der Waals surface area contributed by atoms with Gasteiger partial charge in [0, 0.05) is 37.8 Å². The maximum absolute atomic E-state index is 13.4. The van der Waals surface area contributed by atoms with Crippen LogP contribution < -0.4 is 15.0 Å². The van der Waals surface area contributed by atoms with Crippen molar-refractivity contribution in [3.63, 3.8) is 0 Å². The minimum atomic E-state index is -3.77. The van der Waals surface area contributed by atoms with Crippen LogP contribution in [0, 0.1) is 19.8 Å². The molecule has 2 heterocycles. The lowest BCUT2D eigenvalue weighted by atomic mass is 9.96. The third-order valence-corrected chi connectivity index (χ3v) is 8.39. The lowest BCUT2D eigenvalue weighted by Gasteiger charge is -2.33. The largest absolute Gasteiger partial charge is 0.479 e. The number of nitrogens with zero attached hydrogens (tertiary/aromatic N) is 2. The Kier molecular flexibility index (Phi) is 6.20. The first-order chi connectivity index (χ1) is 15.6. The van der Waals surface area contributed by atoms with Crippen LogP contribution >= 0.6 is 0 Å². The van der Waals surface area contributed by atoms with E-state index >= 15 is 0 Å². The summed E-state index contributed by atoms with van der Waals surface area (Å²) >= 11 is 0. The molecule has 2 aliphatic rings. The summed E-state index contributed by atoms with van der Waals surface area (Å²) in [6.45, 7) is 5.83. The molecule has 2 aliphatic heterocycles. The smallest absolute Gasteiger partial charge is 0.265 e. The second-order valence-electron chi connectivity index (χ2n) is 8.78. The normalized spacial score (nSPS) is 19.4. The summed E-state index contributed by atoms with van der Waals surface area (Å²) in [6, 6.07) is 10.9. The van der Waals surface area contributed by atoms with Crippen molar-refractivity contribution in [2.45, 2.75) is 44.6 Å². The van der Waals surface area contributed by atoms with Crippen LogP contribution in [0.2, 0.25) is 0 Å². The van der Waals surface area contributed by atoms with Gasteiger partial charge in [0.05, 0.1) is 10.6 Å². The molecule has 0 radical (unpaired) electrons. The van der Waals surface area contributed by atoms with Gasteiger partial charge in [0.25, 0.3) is 5.91 Å². The number of ether oxygens (including phenoxy) is 1. The topological polar surface area (TPSA) is 96.0 Å². The molecule has 1 atom stereocenters. The van der Waals surface area contributed by atoms with Crippen molar-refractivity contribution in [3.8, 4) is 5.75 Å². The van der Waals surface area contributed by atoms with Crippen molar-refractivity contribution in [3.05, 3.63) is 47.5 Å². The fraction of sp³-hybridized carbons (Fsp3) is 0.417. The zero-order chi connectivity index (χ0) is 23.9. The summed E-state index contributed by atoms with van der Waals surface area (Å²) in [5.41, 5.74) is 2.91. The second-order valence-corrected chi connectivity index (χ2v) is 10.7. The molecule has 8 nitrogen and oxygen atoms in total. The van der Waals surface area contributed by atoms with Gasteiger partial charge in [-0.05, 0) is 62.9 Å². The van der Waals surface area contributed by atoms with Crippen LogP contribution in [0.1, 0.15) is 30.9 Å². The molecule has 0 bridgehead atoms. The lowest BCUT2D eigenvalue weighted by Crippen LogP contribution is -2.43. The molecule has 0 aromatic heterocycles. The maximum atomic E-state index is 13.4. The summed E-state index contributed by atoms with van der Waals surface area (Å²) in [4.78, 5) is 26.7. The van der Waals surface area contributed by atoms with E-state index < -0.39 is 16.1 Å². The van der Waals surface area contributed by atoms with E-state index in [4.69, 9.17) is 4.74 Å². The summed E-state index contributed by atoms with van der Waals surface area (Å²) in [5, 5.41) is 2.74. The van der Waals surface area contributed by atoms with Crippen molar-refractivity contribution in [1.82, 2.24) is 4.31 Å². The Labute approximate surface area is 194 Å². The highest BCUT2D eigenvalue weighted by Crippen LogP contribution is 2.36. The molecule has 1 fully saturated rings. The van der Waals surface area contributed by atoms with Gasteiger partial charge in [0.15, 0.2) is 6.10 Å². The van der Waals surface area contributed by atoms with Gasteiger partial charge in [-0.2, -0.15) is 4.31 Å². The number of hydrogen-bond donors (Lipinski definition) is 1. The number of sulfonamides is 1. The van der Waals surface area contributed by atoms with Crippen molar-refractivity contribution < 1.29 is 22.7 Å². The van der Waals surface area contributed by atoms with Crippen LogP contribution in [0.15, 0.2) is 41.3 Å². The summed E-state index contributed by atoms with van der Waals surface area (Å²) in [6.07, 6.45) is 0.228. The highest BCUT2D eigenvalue weighted by atomic mass is 32.2. The standard InChI is InChI=1S/C24H29N3O5S/c1-15-6-5-7-19(12-15)26(4)24(29)18-8-10-27(11-9-18)33(30,31)22-14-21-20(13-16(22)2)25-23(28)17(3)32-21/h5-7,12-14,17-18H,8-11H2,1-4H3,(H,25,28)/t17-/m1/s1. The zero-order valence-electron chi connectivity index (χ0n) is 19.3. The first-order valence-corrected chi connectivity index (χ1v) is 12.5. The van der Waals surface area contributed by atoms with Crippen LogP contribution in [0.5, 0.6) is 5.75 Å². The Bertz CT molecular complexity index is 1200. The van der Waals surface area contributed by atoms with Crippen LogP contribution in [0.4, 0.5) is 11.4 Å². The molecule has 2 aromatic rings. The van der Waals surface area contributed by atoms with Gasteiger partial charge in [-0.1, -0.05) is 12.1 Å². The third-order valence-electron chi connectivity index (χ3n) is 6.35. The number of hydrogen-bond acceptors (Lipinski definition) is 5. The molecule has 0 aliphatic carbocycles. The molecule has 0 saturated carbocycles. The molecule has 4 rings (SSSR count). The van der Waals surface area contributed by atoms with E-state index in [1.807, 2.05) is 31.2 Å². The molecule has 2 aromatic carbocycles. The molecule has 1 N–H and O–H groups in total. The van der Waals surface area contributed by atoms with E-state index in [0.717, 1.165) is 11.3 Å². The minimum absolute atomic E-state index is 0.000684. The van der Waals surface area contributed by atoms with Crippen molar-refractivity contribution in [2.24, 2.45) is 5.92 Å². The number of carbonyl (C=O) groups excluding carboxylic acids is 2. The second kappa shape index (κ2) is 8.79. The van der Waals surface area contributed by atoms with Gasteiger partial charge in [0.2, 0.25) is 15.9 Å². The molecule has 0 unspecified atom stereocenters. The van der Waals surface area contributed by atoms with Crippen LogP contribution in [-0.4, -0.2) is 50.8 Å². The number of amides is 2. The van der Waals surface area contributed by atoms with E-state index in [0.29, 0.717) is 29.8 Å². The van der Waals surface area contributed by atoms with E-state index in [2.05, 4.69) is 5.32 Å². The molecule has 176 valence electrons. The van der Waals surface area contributed by atoms with Crippen LogP contribution in [-0.2, 0) is 19.6 Å². The molecule has 33 heavy (non-hydrogen) atoms. The molecule has 2 amide bonds. The fourth-order valence-electron chi connectivity index (χ4n) is 4.34. The average molecular weight is 472 g/mol. The predicted molar refractivity (Wildman–Crippen MR) is 126 cm³/mol. The Balaban J connectivity index is 1.48. The number of carbonyl (C=O) groups is 2. The highest BCUT2D eigenvalue weighted by Gasteiger charge is 2.35. The third kappa shape index (κ3) is 4.47. The number of rotatable bonds is 4. The lowest BCUT2D eigenvalue weighted by molar-refractivity contribution is -0.123. The quantitative estimate of drug-likeness (QED) is 0.739. The average Bonchev–Trinajstić information content (AvgIpc) is 2.79.